The van der Waals surface area contributed by atoms with Crippen LogP contribution in [-0.2, 0) is 14.3 Å². The van der Waals surface area contributed by atoms with Crippen LogP contribution in [0.4, 0.5) is 0 Å². The van der Waals surface area contributed by atoms with Crippen molar-refractivity contribution in [2.24, 2.45) is 0 Å². The summed E-state index contributed by atoms with van der Waals surface area (Å²) in [5.74, 6) is -0.330. The van der Waals surface area contributed by atoms with Gasteiger partial charge in [-0.05, 0) is 19.2 Å². The van der Waals surface area contributed by atoms with Crippen LogP contribution in [0.3, 0.4) is 0 Å². The Hall–Kier alpha value is -0.835. The third kappa shape index (κ3) is 3.14. The van der Waals surface area contributed by atoms with Crippen molar-refractivity contribution in [1.82, 2.24) is 0 Å². The number of esters is 1. The molecule has 78 valence electrons. The standard InChI is InChI=1S/C9H15BO4/c1-6-4-8(12)7(10-5-11)2-3-9(13)14-6/h5-8,10,12H,2-4H2,1H3/t6-,7-,8?/m1/s1. The number of aliphatic hydroxyl groups is 1. The monoisotopic (exact) mass is 198 g/mol. The first-order chi connectivity index (χ1) is 6.63. The topological polar surface area (TPSA) is 63.6 Å². The molecule has 1 aliphatic rings. The third-order valence-electron chi connectivity index (χ3n) is 2.57. The lowest BCUT2D eigenvalue weighted by Crippen LogP contribution is -2.31. The Balaban J connectivity index is 2.57. The molecule has 1 fully saturated rings. The Morgan fingerprint density at radius 3 is 3.00 bits per heavy atom. The smallest absolute Gasteiger partial charge is 0.306 e. The van der Waals surface area contributed by atoms with Crippen molar-refractivity contribution in [3.8, 4) is 0 Å². The molecule has 0 radical (unpaired) electrons. The van der Waals surface area contributed by atoms with Gasteiger partial charge in [-0.2, -0.15) is 0 Å². The fourth-order valence-electron chi connectivity index (χ4n) is 1.76. The maximum Gasteiger partial charge on any atom is 0.306 e. The van der Waals surface area contributed by atoms with Crippen LogP contribution in [0.1, 0.15) is 26.2 Å². The molecule has 4 nitrogen and oxygen atoms in total. The molecule has 0 aromatic carbocycles. The van der Waals surface area contributed by atoms with Gasteiger partial charge in [0, 0.05) is 12.8 Å². The number of carbonyl (C=O) groups excluding carboxylic acids is 2. The Kier molecular flexibility index (Phi) is 4.13. The van der Waals surface area contributed by atoms with Gasteiger partial charge in [0.15, 0.2) is 0 Å². The maximum absolute atomic E-state index is 11.1. The Morgan fingerprint density at radius 1 is 1.64 bits per heavy atom. The summed E-state index contributed by atoms with van der Waals surface area (Å²) in [6, 6.07) is 0. The van der Waals surface area contributed by atoms with Crippen LogP contribution in [0.15, 0.2) is 0 Å². The number of cyclic esters (lactones) is 1. The summed E-state index contributed by atoms with van der Waals surface area (Å²) in [7, 11) is 0.321. The largest absolute Gasteiger partial charge is 0.463 e. The molecule has 1 heterocycles. The van der Waals surface area contributed by atoms with Gasteiger partial charge < -0.3 is 14.6 Å². The molecule has 0 aromatic heterocycles. The summed E-state index contributed by atoms with van der Waals surface area (Å²) in [6.07, 6.45) is 1.25. The van der Waals surface area contributed by atoms with Crippen LogP contribution in [0.25, 0.3) is 0 Å². The summed E-state index contributed by atoms with van der Waals surface area (Å²) in [5, 5.41) is 9.71. The fraction of sp³-hybridized carbons (Fsp3) is 0.778. The van der Waals surface area contributed by atoms with E-state index in [9.17, 15) is 14.7 Å². The minimum Gasteiger partial charge on any atom is -0.463 e. The molecule has 1 N–H and O–H groups in total. The molecule has 0 aliphatic carbocycles. The molecule has 1 unspecified atom stereocenters. The van der Waals surface area contributed by atoms with Crippen molar-refractivity contribution >= 4 is 19.4 Å². The molecule has 0 aromatic rings. The fourth-order valence-corrected chi connectivity index (χ4v) is 1.76. The van der Waals surface area contributed by atoms with Gasteiger partial charge in [0.2, 0.25) is 7.28 Å². The SMILES string of the molecule is C[C@@H]1CC(O)[C@H](BC=O)CCC(=O)O1. The highest BCUT2D eigenvalue weighted by Gasteiger charge is 2.27. The number of hydrogen-bond donors (Lipinski definition) is 1. The van der Waals surface area contributed by atoms with Gasteiger partial charge in [0.25, 0.3) is 0 Å². The van der Waals surface area contributed by atoms with E-state index in [1.807, 2.05) is 0 Å². The van der Waals surface area contributed by atoms with E-state index in [4.69, 9.17) is 4.74 Å². The van der Waals surface area contributed by atoms with E-state index in [-0.39, 0.29) is 17.9 Å². The molecular weight excluding hydrogens is 183 g/mol. The molecule has 0 amide bonds. The second kappa shape index (κ2) is 5.15. The molecule has 5 heteroatoms. The lowest BCUT2D eigenvalue weighted by molar-refractivity contribution is -0.151. The summed E-state index contributed by atoms with van der Waals surface area (Å²) < 4.78 is 5.00. The van der Waals surface area contributed by atoms with Crippen molar-refractivity contribution in [2.45, 2.75) is 44.2 Å². The van der Waals surface area contributed by atoms with E-state index in [0.29, 0.717) is 26.5 Å². The molecule has 1 saturated heterocycles. The molecule has 0 bridgehead atoms. The summed E-state index contributed by atoms with van der Waals surface area (Å²) in [6.45, 7) is 1.75. The van der Waals surface area contributed by atoms with Crippen LogP contribution in [0.5, 0.6) is 0 Å². The van der Waals surface area contributed by atoms with Gasteiger partial charge in [-0.3, -0.25) is 4.79 Å². The van der Waals surface area contributed by atoms with Crippen LogP contribution >= 0.6 is 0 Å². The number of aliphatic hydroxyl groups excluding tert-OH is 1. The lowest BCUT2D eigenvalue weighted by atomic mass is 9.61. The minimum absolute atomic E-state index is 0.0946. The summed E-state index contributed by atoms with van der Waals surface area (Å²) in [4.78, 5) is 21.5. The normalized spacial score (nSPS) is 33.9. The number of rotatable bonds is 2. The van der Waals surface area contributed by atoms with Gasteiger partial charge in [-0.15, -0.1) is 0 Å². The third-order valence-corrected chi connectivity index (χ3v) is 2.57. The highest BCUT2D eigenvalue weighted by Crippen LogP contribution is 2.24. The lowest BCUT2D eigenvalue weighted by Gasteiger charge is -2.26. The highest BCUT2D eigenvalue weighted by molar-refractivity contribution is 6.68. The maximum atomic E-state index is 11.1. The highest BCUT2D eigenvalue weighted by atomic mass is 16.5. The molecule has 0 spiro atoms. The number of carbonyl (C=O) groups is 2. The molecule has 1 aliphatic heterocycles. The molecule has 14 heavy (non-hydrogen) atoms. The van der Waals surface area contributed by atoms with Gasteiger partial charge in [0.05, 0.1) is 12.3 Å². The van der Waals surface area contributed by atoms with E-state index in [1.54, 1.807) is 6.92 Å². The van der Waals surface area contributed by atoms with E-state index in [0.717, 1.165) is 6.19 Å². The Bertz CT molecular complexity index is 219. The van der Waals surface area contributed by atoms with Gasteiger partial charge in [0.1, 0.15) is 6.10 Å². The molecule has 3 atom stereocenters. The van der Waals surface area contributed by atoms with Gasteiger partial charge >= 0.3 is 5.97 Å². The molecule has 1 rings (SSSR count). The van der Waals surface area contributed by atoms with Crippen molar-refractivity contribution in [2.75, 3.05) is 0 Å². The number of ether oxygens (including phenoxy) is 1. The predicted molar refractivity (Wildman–Crippen MR) is 53.1 cm³/mol. The van der Waals surface area contributed by atoms with Crippen LogP contribution in [0.2, 0.25) is 5.82 Å². The van der Waals surface area contributed by atoms with Crippen LogP contribution < -0.4 is 0 Å². The van der Waals surface area contributed by atoms with Gasteiger partial charge in [-0.25, -0.2) is 0 Å². The predicted octanol–water partition coefficient (Wildman–Crippen LogP) is -0.122. The Morgan fingerprint density at radius 2 is 2.36 bits per heavy atom. The number of hydrogen-bond acceptors (Lipinski definition) is 4. The summed E-state index contributed by atoms with van der Waals surface area (Å²) >= 11 is 0. The zero-order valence-electron chi connectivity index (χ0n) is 8.31. The van der Waals surface area contributed by atoms with Crippen molar-refractivity contribution in [3.63, 3.8) is 0 Å². The van der Waals surface area contributed by atoms with E-state index in [2.05, 4.69) is 0 Å². The van der Waals surface area contributed by atoms with E-state index < -0.39 is 6.10 Å². The Labute approximate surface area is 83.9 Å². The van der Waals surface area contributed by atoms with Crippen LogP contribution in [-0.4, -0.2) is 36.7 Å². The average molecular weight is 198 g/mol. The first-order valence-corrected chi connectivity index (χ1v) is 4.94. The second-order valence-corrected chi connectivity index (χ2v) is 3.80. The van der Waals surface area contributed by atoms with Crippen LogP contribution in [0, 0.1) is 0 Å². The quantitative estimate of drug-likeness (QED) is 0.381. The molecular formula is C9H15BO4. The van der Waals surface area contributed by atoms with Crippen molar-refractivity contribution in [1.29, 1.82) is 0 Å². The molecule has 0 saturated carbocycles. The second-order valence-electron chi connectivity index (χ2n) is 3.80. The summed E-state index contributed by atoms with van der Waals surface area (Å²) in [5.41, 5.74) is 0. The first kappa shape index (κ1) is 11.2. The van der Waals surface area contributed by atoms with Crippen molar-refractivity contribution < 1.29 is 19.4 Å². The zero-order chi connectivity index (χ0) is 10.6. The first-order valence-electron chi connectivity index (χ1n) is 4.94. The van der Waals surface area contributed by atoms with Crippen molar-refractivity contribution in [3.05, 3.63) is 0 Å². The van der Waals surface area contributed by atoms with E-state index in [1.165, 1.54) is 0 Å². The minimum atomic E-state index is -0.539. The van der Waals surface area contributed by atoms with E-state index >= 15 is 0 Å². The van der Waals surface area contributed by atoms with Gasteiger partial charge in [-0.1, -0.05) is 0 Å². The average Bonchev–Trinajstić information content (AvgIpc) is 2.09. The zero-order valence-corrected chi connectivity index (χ0v) is 8.31.